The van der Waals surface area contributed by atoms with Crippen molar-refractivity contribution in [3.8, 4) is 5.75 Å². The third-order valence-electron chi connectivity index (χ3n) is 3.29. The lowest BCUT2D eigenvalue weighted by molar-refractivity contribution is -0.138. The Labute approximate surface area is 141 Å². The zero-order valence-electron chi connectivity index (χ0n) is 11.4. The number of carbonyl (C=O) groups is 1. The van der Waals surface area contributed by atoms with Gasteiger partial charge in [-0.05, 0) is 34.1 Å². The molecule has 0 spiro atoms. The largest absolute Gasteiger partial charge is 0.491 e. The average molecular weight is 395 g/mol. The molecule has 2 rings (SSSR count). The van der Waals surface area contributed by atoms with E-state index in [1.807, 2.05) is 17.8 Å². The number of thioether (sulfide) groups is 1. The van der Waals surface area contributed by atoms with Crippen LogP contribution in [0.4, 0.5) is 0 Å². The van der Waals surface area contributed by atoms with Crippen LogP contribution in [0.1, 0.15) is 6.42 Å². The molecule has 1 N–H and O–H groups in total. The fourth-order valence-electron chi connectivity index (χ4n) is 2.24. The summed E-state index contributed by atoms with van der Waals surface area (Å²) >= 11 is 11.1. The Morgan fingerprint density at radius 3 is 3.10 bits per heavy atom. The highest BCUT2D eigenvalue weighted by atomic mass is 79.9. The molecule has 0 amide bonds. The number of rotatable bonds is 6. The molecule has 1 fully saturated rings. The van der Waals surface area contributed by atoms with E-state index in [4.69, 9.17) is 21.4 Å². The van der Waals surface area contributed by atoms with E-state index in [2.05, 4.69) is 20.8 Å². The van der Waals surface area contributed by atoms with Gasteiger partial charge in [0.1, 0.15) is 12.4 Å². The minimum absolute atomic E-state index is 0.0958. The normalized spacial score (nSPS) is 19.4. The monoisotopic (exact) mass is 393 g/mol. The molecule has 1 saturated heterocycles. The number of halogens is 2. The van der Waals surface area contributed by atoms with Gasteiger partial charge in [0.25, 0.3) is 0 Å². The molecule has 1 aliphatic rings. The van der Waals surface area contributed by atoms with Gasteiger partial charge in [-0.15, -0.1) is 0 Å². The van der Waals surface area contributed by atoms with E-state index < -0.39 is 5.97 Å². The van der Waals surface area contributed by atoms with Gasteiger partial charge in [-0.25, -0.2) is 0 Å². The number of nitrogens with zero attached hydrogens (tertiary/aromatic N) is 1. The summed E-state index contributed by atoms with van der Waals surface area (Å²) in [4.78, 5) is 13.1. The van der Waals surface area contributed by atoms with Crippen LogP contribution in [0.3, 0.4) is 0 Å². The van der Waals surface area contributed by atoms with Gasteiger partial charge in [-0.2, -0.15) is 11.8 Å². The zero-order chi connectivity index (χ0) is 15.2. The molecular weight excluding hydrogens is 378 g/mol. The number of benzene rings is 1. The van der Waals surface area contributed by atoms with Crippen molar-refractivity contribution in [3.05, 3.63) is 27.7 Å². The van der Waals surface area contributed by atoms with Gasteiger partial charge in [0.05, 0.1) is 10.9 Å². The highest BCUT2D eigenvalue weighted by Crippen LogP contribution is 2.28. The van der Waals surface area contributed by atoms with Crippen molar-refractivity contribution >= 4 is 45.3 Å². The highest BCUT2D eigenvalue weighted by Gasteiger charge is 2.24. The molecule has 0 aliphatic carbocycles. The number of carboxylic acids is 1. The topological polar surface area (TPSA) is 49.8 Å². The Kier molecular flexibility index (Phi) is 6.67. The SMILES string of the molecule is O=C(O)CC1CSCCN1CCOc1ccc(Cl)cc1Br. The molecule has 21 heavy (non-hydrogen) atoms. The predicted molar refractivity (Wildman–Crippen MR) is 89.6 cm³/mol. The fraction of sp³-hybridized carbons (Fsp3) is 0.500. The molecule has 1 aromatic carbocycles. The molecule has 0 bridgehead atoms. The maximum atomic E-state index is 10.9. The number of hydrogen-bond acceptors (Lipinski definition) is 4. The lowest BCUT2D eigenvalue weighted by Crippen LogP contribution is -2.45. The second-order valence-electron chi connectivity index (χ2n) is 4.79. The standard InChI is InChI=1S/C14H17BrClNO3S/c15-12-7-10(16)1-2-13(12)20-5-3-17-4-6-21-9-11(17)8-14(18)19/h1-2,7,11H,3-6,8-9H2,(H,18,19). The first-order valence-electron chi connectivity index (χ1n) is 6.67. The summed E-state index contributed by atoms with van der Waals surface area (Å²) in [5.41, 5.74) is 0. The van der Waals surface area contributed by atoms with Crippen LogP contribution in [0.5, 0.6) is 5.75 Å². The van der Waals surface area contributed by atoms with Crippen LogP contribution in [0, 0.1) is 0 Å². The Bertz CT molecular complexity index is 503. The second kappa shape index (κ2) is 8.27. The number of aliphatic carboxylic acids is 1. The number of hydrogen-bond donors (Lipinski definition) is 1. The van der Waals surface area contributed by atoms with Crippen molar-refractivity contribution in [1.29, 1.82) is 0 Å². The van der Waals surface area contributed by atoms with E-state index >= 15 is 0 Å². The Hall–Kier alpha value is -0.430. The number of ether oxygens (including phenoxy) is 1. The zero-order valence-corrected chi connectivity index (χ0v) is 14.6. The summed E-state index contributed by atoms with van der Waals surface area (Å²) in [5.74, 6) is 1.92. The van der Waals surface area contributed by atoms with Crippen LogP contribution in [0.2, 0.25) is 5.02 Å². The minimum atomic E-state index is -0.742. The molecule has 1 heterocycles. The quantitative estimate of drug-likeness (QED) is 0.801. The highest BCUT2D eigenvalue weighted by molar-refractivity contribution is 9.10. The van der Waals surface area contributed by atoms with E-state index in [1.165, 1.54) is 0 Å². The maximum Gasteiger partial charge on any atom is 0.304 e. The summed E-state index contributed by atoms with van der Waals surface area (Å²) in [7, 11) is 0. The summed E-state index contributed by atoms with van der Waals surface area (Å²) in [5, 5.41) is 9.62. The van der Waals surface area contributed by atoms with Gasteiger partial charge in [0.2, 0.25) is 0 Å². The van der Waals surface area contributed by atoms with Gasteiger partial charge in [-0.3, -0.25) is 9.69 Å². The van der Waals surface area contributed by atoms with Crippen molar-refractivity contribution in [2.45, 2.75) is 12.5 Å². The summed E-state index contributed by atoms with van der Waals surface area (Å²) in [6.07, 6.45) is 0.192. The molecule has 1 aliphatic heterocycles. The van der Waals surface area contributed by atoms with E-state index in [0.717, 1.165) is 34.8 Å². The van der Waals surface area contributed by atoms with Crippen LogP contribution in [0.15, 0.2) is 22.7 Å². The van der Waals surface area contributed by atoms with Crippen LogP contribution < -0.4 is 4.74 Å². The fourth-order valence-corrected chi connectivity index (χ4v) is 4.17. The van der Waals surface area contributed by atoms with E-state index in [9.17, 15) is 4.79 Å². The van der Waals surface area contributed by atoms with Crippen LogP contribution >= 0.6 is 39.3 Å². The predicted octanol–water partition coefficient (Wildman–Crippen LogP) is 3.37. The van der Waals surface area contributed by atoms with Crippen LogP contribution in [-0.2, 0) is 4.79 Å². The van der Waals surface area contributed by atoms with Crippen molar-refractivity contribution in [1.82, 2.24) is 4.90 Å². The molecule has 7 heteroatoms. The lowest BCUT2D eigenvalue weighted by atomic mass is 10.2. The Morgan fingerprint density at radius 1 is 1.57 bits per heavy atom. The van der Waals surface area contributed by atoms with Gasteiger partial charge in [0, 0.05) is 35.7 Å². The summed E-state index contributed by atoms with van der Waals surface area (Å²) in [6.45, 7) is 2.17. The minimum Gasteiger partial charge on any atom is -0.491 e. The van der Waals surface area contributed by atoms with E-state index in [-0.39, 0.29) is 12.5 Å². The van der Waals surface area contributed by atoms with E-state index in [0.29, 0.717) is 11.6 Å². The number of carboxylic acid groups (broad SMARTS) is 1. The van der Waals surface area contributed by atoms with Crippen LogP contribution in [-0.4, -0.2) is 53.2 Å². The van der Waals surface area contributed by atoms with Crippen molar-refractivity contribution in [3.63, 3.8) is 0 Å². The lowest BCUT2D eigenvalue weighted by Gasteiger charge is -2.34. The maximum absolute atomic E-state index is 10.9. The van der Waals surface area contributed by atoms with Crippen LogP contribution in [0.25, 0.3) is 0 Å². The first-order chi connectivity index (χ1) is 10.1. The first-order valence-corrected chi connectivity index (χ1v) is 9.00. The average Bonchev–Trinajstić information content (AvgIpc) is 2.42. The molecule has 1 atom stereocenters. The van der Waals surface area contributed by atoms with Gasteiger partial charge in [-0.1, -0.05) is 11.6 Å². The summed E-state index contributed by atoms with van der Waals surface area (Å²) < 4.78 is 6.57. The molecular formula is C14H17BrClNO3S. The molecule has 1 unspecified atom stereocenters. The molecule has 4 nitrogen and oxygen atoms in total. The van der Waals surface area contributed by atoms with E-state index in [1.54, 1.807) is 12.1 Å². The van der Waals surface area contributed by atoms with Gasteiger partial charge in [0.15, 0.2) is 0 Å². The molecule has 0 saturated carbocycles. The Balaban J connectivity index is 1.84. The second-order valence-corrected chi connectivity index (χ2v) is 7.23. The molecule has 0 aromatic heterocycles. The van der Waals surface area contributed by atoms with Gasteiger partial charge < -0.3 is 9.84 Å². The smallest absolute Gasteiger partial charge is 0.304 e. The molecule has 0 radical (unpaired) electrons. The third-order valence-corrected chi connectivity index (χ3v) is 5.24. The van der Waals surface area contributed by atoms with Gasteiger partial charge >= 0.3 is 5.97 Å². The van der Waals surface area contributed by atoms with Crippen molar-refractivity contribution in [2.24, 2.45) is 0 Å². The first kappa shape index (κ1) is 16.9. The molecule has 116 valence electrons. The Morgan fingerprint density at radius 2 is 2.38 bits per heavy atom. The summed E-state index contributed by atoms with van der Waals surface area (Å²) in [6, 6.07) is 5.50. The molecule has 1 aromatic rings. The van der Waals surface area contributed by atoms with Crippen molar-refractivity contribution in [2.75, 3.05) is 31.2 Å². The van der Waals surface area contributed by atoms with Crippen molar-refractivity contribution < 1.29 is 14.6 Å². The third kappa shape index (κ3) is 5.36.